The maximum atomic E-state index is 13.5. The van der Waals surface area contributed by atoms with E-state index in [1.165, 1.54) is 42.7 Å². The summed E-state index contributed by atoms with van der Waals surface area (Å²) < 4.78 is 60.1. The van der Waals surface area contributed by atoms with Crippen LogP contribution in [0.2, 0.25) is 0 Å². The van der Waals surface area contributed by atoms with Crippen molar-refractivity contribution < 1.29 is 26.8 Å². The lowest BCUT2D eigenvalue weighted by Crippen LogP contribution is -2.20. The van der Waals surface area contributed by atoms with Gasteiger partial charge in [0.15, 0.2) is 5.58 Å². The van der Waals surface area contributed by atoms with E-state index in [0.29, 0.717) is 16.7 Å². The third-order valence-electron chi connectivity index (χ3n) is 4.47. The average Bonchev–Trinajstić information content (AvgIpc) is 3.24. The molecule has 0 aliphatic carbocycles. The quantitative estimate of drug-likeness (QED) is 0.446. The molecule has 0 fully saturated rings. The summed E-state index contributed by atoms with van der Waals surface area (Å²) in [6, 6.07) is 13.7. The zero-order valence-corrected chi connectivity index (χ0v) is 14.8. The Morgan fingerprint density at radius 3 is 2.59 bits per heavy atom. The SMILES string of the molecule is O=C(Nc1ccccc1C(F)(F)F)c1cc2occc2n1Cc1cccc(F)c1. The molecule has 0 aliphatic rings. The summed E-state index contributed by atoms with van der Waals surface area (Å²) in [5.74, 6) is -1.16. The number of nitrogens with zero attached hydrogens (tertiary/aromatic N) is 1. The number of carbonyl (C=O) groups excluding carboxylic acids is 1. The molecule has 4 nitrogen and oxygen atoms in total. The number of carbonyl (C=O) groups is 1. The summed E-state index contributed by atoms with van der Waals surface area (Å²) in [5.41, 5.74) is 0.369. The third-order valence-corrected chi connectivity index (χ3v) is 4.47. The van der Waals surface area contributed by atoms with Crippen LogP contribution in [-0.2, 0) is 12.7 Å². The van der Waals surface area contributed by atoms with Gasteiger partial charge in [0.05, 0.1) is 23.0 Å². The Hall–Kier alpha value is -3.55. The van der Waals surface area contributed by atoms with Crippen LogP contribution in [-0.4, -0.2) is 10.5 Å². The molecule has 0 saturated carbocycles. The number of rotatable bonds is 4. The van der Waals surface area contributed by atoms with Gasteiger partial charge in [-0.1, -0.05) is 24.3 Å². The summed E-state index contributed by atoms with van der Waals surface area (Å²) in [5, 5.41) is 2.33. The Bertz CT molecular complexity index is 1190. The molecule has 148 valence electrons. The summed E-state index contributed by atoms with van der Waals surface area (Å²) >= 11 is 0. The minimum Gasteiger partial charge on any atom is -0.463 e. The number of hydrogen-bond donors (Lipinski definition) is 1. The molecule has 0 radical (unpaired) electrons. The Balaban J connectivity index is 1.71. The Labute approximate surface area is 162 Å². The van der Waals surface area contributed by atoms with Crippen LogP contribution in [0.1, 0.15) is 21.6 Å². The van der Waals surface area contributed by atoms with E-state index in [2.05, 4.69) is 5.32 Å². The van der Waals surface area contributed by atoms with E-state index in [1.54, 1.807) is 22.8 Å². The van der Waals surface area contributed by atoms with Crippen molar-refractivity contribution in [2.24, 2.45) is 0 Å². The number of alkyl halides is 3. The van der Waals surface area contributed by atoms with E-state index in [1.807, 2.05) is 0 Å². The Kier molecular flexibility index (Phi) is 4.62. The van der Waals surface area contributed by atoms with E-state index >= 15 is 0 Å². The predicted molar refractivity (Wildman–Crippen MR) is 99.1 cm³/mol. The number of fused-ring (bicyclic) bond motifs is 1. The van der Waals surface area contributed by atoms with Gasteiger partial charge < -0.3 is 14.3 Å². The first-order valence-electron chi connectivity index (χ1n) is 8.61. The number of anilines is 1. The van der Waals surface area contributed by atoms with Gasteiger partial charge in [0.2, 0.25) is 0 Å². The number of halogens is 4. The molecule has 0 unspecified atom stereocenters. The smallest absolute Gasteiger partial charge is 0.418 e. The maximum Gasteiger partial charge on any atom is 0.418 e. The average molecular weight is 402 g/mol. The molecule has 0 atom stereocenters. The van der Waals surface area contributed by atoms with Gasteiger partial charge in [-0.3, -0.25) is 4.79 Å². The zero-order valence-electron chi connectivity index (χ0n) is 14.8. The molecule has 4 aromatic rings. The first-order chi connectivity index (χ1) is 13.8. The van der Waals surface area contributed by atoms with Gasteiger partial charge in [-0.15, -0.1) is 0 Å². The van der Waals surface area contributed by atoms with E-state index in [-0.39, 0.29) is 17.9 Å². The minimum absolute atomic E-state index is 0.0978. The summed E-state index contributed by atoms with van der Waals surface area (Å²) in [4.78, 5) is 12.8. The predicted octanol–water partition coefficient (Wildman–Crippen LogP) is 5.69. The molecule has 29 heavy (non-hydrogen) atoms. The summed E-state index contributed by atoms with van der Waals surface area (Å²) in [6.45, 7) is 0.143. The van der Waals surface area contributed by atoms with Crippen LogP contribution in [0.25, 0.3) is 11.1 Å². The lowest BCUT2D eigenvalue weighted by molar-refractivity contribution is -0.136. The van der Waals surface area contributed by atoms with E-state index in [4.69, 9.17) is 4.42 Å². The van der Waals surface area contributed by atoms with Gasteiger partial charge in [0, 0.05) is 18.7 Å². The molecule has 2 heterocycles. The van der Waals surface area contributed by atoms with Crippen molar-refractivity contribution in [2.45, 2.75) is 12.7 Å². The molecule has 2 aromatic heterocycles. The molecule has 1 N–H and O–H groups in total. The molecule has 0 aliphatic heterocycles. The highest BCUT2D eigenvalue weighted by Crippen LogP contribution is 2.35. The topological polar surface area (TPSA) is 47.2 Å². The molecule has 0 saturated heterocycles. The monoisotopic (exact) mass is 402 g/mol. The van der Waals surface area contributed by atoms with Crippen molar-refractivity contribution in [3.05, 3.63) is 89.6 Å². The van der Waals surface area contributed by atoms with Crippen molar-refractivity contribution in [2.75, 3.05) is 5.32 Å². The molecule has 1 amide bonds. The molecule has 2 aromatic carbocycles. The Morgan fingerprint density at radius 1 is 1.03 bits per heavy atom. The van der Waals surface area contributed by atoms with Crippen LogP contribution in [0, 0.1) is 5.82 Å². The fraction of sp³-hybridized carbons (Fsp3) is 0.0952. The highest BCUT2D eigenvalue weighted by Gasteiger charge is 2.34. The van der Waals surface area contributed by atoms with Crippen molar-refractivity contribution in [1.82, 2.24) is 4.57 Å². The number of benzene rings is 2. The number of aromatic nitrogens is 1. The first-order valence-corrected chi connectivity index (χ1v) is 8.61. The van der Waals surface area contributed by atoms with E-state index in [9.17, 15) is 22.4 Å². The summed E-state index contributed by atoms with van der Waals surface area (Å²) in [6.07, 6.45) is -3.17. The van der Waals surface area contributed by atoms with Crippen LogP contribution in [0.5, 0.6) is 0 Å². The second kappa shape index (κ2) is 7.12. The van der Waals surface area contributed by atoms with Crippen LogP contribution >= 0.6 is 0 Å². The maximum absolute atomic E-state index is 13.5. The summed E-state index contributed by atoms with van der Waals surface area (Å²) in [7, 11) is 0. The van der Waals surface area contributed by atoms with Gasteiger partial charge in [-0.25, -0.2) is 4.39 Å². The van der Waals surface area contributed by atoms with E-state index in [0.717, 1.165) is 6.07 Å². The third kappa shape index (κ3) is 3.73. The minimum atomic E-state index is -4.61. The molecular weight excluding hydrogens is 388 g/mol. The molecule has 0 spiro atoms. The van der Waals surface area contributed by atoms with Crippen LogP contribution in [0.15, 0.2) is 71.3 Å². The normalized spacial score (nSPS) is 11.7. The van der Waals surface area contributed by atoms with Gasteiger partial charge in [0.25, 0.3) is 5.91 Å². The number of furan rings is 1. The first kappa shape index (κ1) is 18.8. The Morgan fingerprint density at radius 2 is 1.83 bits per heavy atom. The van der Waals surface area contributed by atoms with Crippen molar-refractivity contribution in [1.29, 1.82) is 0 Å². The molecule has 8 heteroatoms. The van der Waals surface area contributed by atoms with Crippen LogP contribution in [0.3, 0.4) is 0 Å². The standard InChI is InChI=1S/C21H14F4N2O2/c22-14-5-3-4-13(10-14)12-27-17-8-9-29-19(17)11-18(27)20(28)26-16-7-2-1-6-15(16)21(23,24)25/h1-11H,12H2,(H,26,28). The highest BCUT2D eigenvalue weighted by atomic mass is 19.4. The number of nitrogens with one attached hydrogen (secondary N) is 1. The van der Waals surface area contributed by atoms with Gasteiger partial charge in [0.1, 0.15) is 11.5 Å². The van der Waals surface area contributed by atoms with Gasteiger partial charge >= 0.3 is 6.18 Å². The van der Waals surface area contributed by atoms with Crippen molar-refractivity contribution in [3.63, 3.8) is 0 Å². The molecule has 0 bridgehead atoms. The van der Waals surface area contributed by atoms with Gasteiger partial charge in [-0.2, -0.15) is 13.2 Å². The second-order valence-electron chi connectivity index (χ2n) is 6.41. The van der Waals surface area contributed by atoms with Crippen LogP contribution < -0.4 is 5.32 Å². The van der Waals surface area contributed by atoms with Crippen LogP contribution in [0.4, 0.5) is 23.2 Å². The fourth-order valence-electron chi connectivity index (χ4n) is 3.18. The van der Waals surface area contributed by atoms with Crippen molar-refractivity contribution in [3.8, 4) is 0 Å². The largest absolute Gasteiger partial charge is 0.463 e. The second-order valence-corrected chi connectivity index (χ2v) is 6.41. The number of hydrogen-bond acceptors (Lipinski definition) is 2. The van der Waals surface area contributed by atoms with Gasteiger partial charge in [-0.05, 0) is 29.8 Å². The zero-order chi connectivity index (χ0) is 20.6. The van der Waals surface area contributed by atoms with E-state index < -0.39 is 23.5 Å². The van der Waals surface area contributed by atoms with Crippen molar-refractivity contribution >= 4 is 22.7 Å². The molecule has 4 rings (SSSR count). The molecular formula is C21H14F4N2O2. The lowest BCUT2D eigenvalue weighted by atomic mass is 10.1. The highest BCUT2D eigenvalue weighted by molar-refractivity contribution is 6.06. The number of amides is 1. The lowest BCUT2D eigenvalue weighted by Gasteiger charge is -2.15. The fourth-order valence-corrected chi connectivity index (χ4v) is 3.18. The number of para-hydroxylation sites is 1.